The molecule has 0 saturated carbocycles. The minimum Gasteiger partial charge on any atom is -0.485 e. The number of aryl methyl sites for hydroxylation is 1. The van der Waals surface area contributed by atoms with Crippen molar-refractivity contribution >= 4 is 40.0 Å². The lowest BCUT2D eigenvalue weighted by Crippen LogP contribution is -2.21. The van der Waals surface area contributed by atoms with Crippen LogP contribution in [0, 0.1) is 0 Å². The third-order valence-corrected chi connectivity index (χ3v) is 7.62. The Hall–Kier alpha value is -3.05. The number of nitrogens with zero attached hydrogens (tertiary/aromatic N) is 2. The van der Waals surface area contributed by atoms with Gasteiger partial charge in [0, 0.05) is 4.88 Å². The van der Waals surface area contributed by atoms with Gasteiger partial charge in [0.2, 0.25) is 12.0 Å². The van der Waals surface area contributed by atoms with Gasteiger partial charge < -0.3 is 23.9 Å². The summed E-state index contributed by atoms with van der Waals surface area (Å²) in [5.41, 5.74) is 1.49. The van der Waals surface area contributed by atoms with Crippen LogP contribution in [0.4, 0.5) is 5.00 Å². The molecule has 3 heterocycles. The zero-order valence-electron chi connectivity index (χ0n) is 18.5. The van der Waals surface area contributed by atoms with Crippen LogP contribution < -0.4 is 14.8 Å². The number of rotatable bonds is 6. The lowest BCUT2D eigenvalue weighted by molar-refractivity contribution is -0.113. The number of carbonyl (C=O) groups is 2. The number of anilines is 1. The molecule has 1 N–H and O–H groups in total. The van der Waals surface area contributed by atoms with Gasteiger partial charge in [-0.05, 0) is 43.4 Å². The molecular weight excluding hydrogens is 478 g/mol. The van der Waals surface area contributed by atoms with Crippen molar-refractivity contribution in [2.45, 2.75) is 43.4 Å². The van der Waals surface area contributed by atoms with Gasteiger partial charge in [0.25, 0.3) is 11.1 Å². The number of fused-ring (bicyclic) bond motifs is 2. The number of carbonyl (C=O) groups excluding carboxylic acids is 2. The topological polar surface area (TPSA) is 113 Å². The van der Waals surface area contributed by atoms with Crippen LogP contribution in [0.3, 0.4) is 0 Å². The SMILES string of the molecule is COC(=O)c1c(NC(=O)CSc2nnc(C3COc4ccccc4O3)o2)sc2c1CCCCC2. The maximum absolute atomic E-state index is 12.7. The fourth-order valence-electron chi connectivity index (χ4n) is 3.99. The van der Waals surface area contributed by atoms with Crippen molar-refractivity contribution in [1.29, 1.82) is 0 Å². The number of hydrogen-bond donors (Lipinski definition) is 1. The number of para-hydroxylation sites is 2. The zero-order valence-corrected chi connectivity index (χ0v) is 20.1. The Morgan fingerprint density at radius 2 is 2.00 bits per heavy atom. The molecule has 3 aromatic rings. The first kappa shape index (κ1) is 22.7. The molecule has 0 fully saturated rings. The second kappa shape index (κ2) is 10.1. The highest BCUT2D eigenvalue weighted by molar-refractivity contribution is 7.99. The molecule has 34 heavy (non-hydrogen) atoms. The predicted molar refractivity (Wildman–Crippen MR) is 126 cm³/mol. The normalized spacial score (nSPS) is 16.9. The predicted octanol–water partition coefficient (Wildman–Crippen LogP) is 4.43. The van der Waals surface area contributed by atoms with Gasteiger partial charge in [-0.25, -0.2) is 4.79 Å². The largest absolute Gasteiger partial charge is 0.485 e. The highest BCUT2D eigenvalue weighted by Gasteiger charge is 2.28. The number of esters is 1. The van der Waals surface area contributed by atoms with Crippen molar-refractivity contribution in [3.63, 3.8) is 0 Å². The van der Waals surface area contributed by atoms with Crippen molar-refractivity contribution < 1.29 is 28.2 Å². The molecule has 1 aliphatic heterocycles. The van der Waals surface area contributed by atoms with E-state index in [0.29, 0.717) is 22.1 Å². The van der Waals surface area contributed by atoms with E-state index in [2.05, 4.69) is 15.5 Å². The molecule has 2 aromatic heterocycles. The number of hydrogen-bond acceptors (Lipinski definition) is 10. The summed E-state index contributed by atoms with van der Waals surface area (Å²) in [6, 6.07) is 7.37. The van der Waals surface area contributed by atoms with Crippen LogP contribution in [0.2, 0.25) is 0 Å². The van der Waals surface area contributed by atoms with Gasteiger partial charge in [-0.3, -0.25) is 4.79 Å². The number of benzene rings is 1. The molecule has 1 amide bonds. The third kappa shape index (κ3) is 4.76. The van der Waals surface area contributed by atoms with Crippen molar-refractivity contribution in [1.82, 2.24) is 10.2 Å². The van der Waals surface area contributed by atoms with E-state index >= 15 is 0 Å². The smallest absolute Gasteiger partial charge is 0.341 e. The molecule has 5 rings (SSSR count). The molecule has 9 nitrogen and oxygen atoms in total. The van der Waals surface area contributed by atoms with Crippen LogP contribution in [-0.2, 0) is 22.4 Å². The Kier molecular flexibility index (Phi) is 6.73. The van der Waals surface area contributed by atoms with E-state index in [0.717, 1.165) is 54.3 Å². The maximum atomic E-state index is 12.7. The van der Waals surface area contributed by atoms with Gasteiger partial charge in [0.05, 0.1) is 18.4 Å². The summed E-state index contributed by atoms with van der Waals surface area (Å²) in [7, 11) is 1.36. The minimum atomic E-state index is -0.519. The van der Waals surface area contributed by atoms with E-state index in [1.165, 1.54) is 18.4 Å². The molecule has 1 unspecified atom stereocenters. The standard InChI is InChI=1S/C23H23N3O6S2/c1-29-22(28)19-13-7-3-2-4-10-17(13)34-21(19)24-18(27)12-33-23-26-25-20(32-23)16-11-30-14-8-5-6-9-15(14)31-16/h5-6,8-9,16H,2-4,7,10-12H2,1H3,(H,24,27). The molecule has 0 bridgehead atoms. The number of nitrogens with one attached hydrogen (secondary N) is 1. The van der Waals surface area contributed by atoms with Crippen molar-refractivity contribution in [3.8, 4) is 11.5 Å². The molecule has 0 radical (unpaired) electrons. The number of thiophene rings is 1. The van der Waals surface area contributed by atoms with Crippen LogP contribution in [0.1, 0.15) is 52.1 Å². The Morgan fingerprint density at radius 3 is 2.85 bits per heavy atom. The molecule has 1 atom stereocenters. The lowest BCUT2D eigenvalue weighted by Gasteiger charge is -2.23. The summed E-state index contributed by atoms with van der Waals surface area (Å²) < 4.78 is 22.2. The first-order chi connectivity index (χ1) is 16.6. The average Bonchev–Trinajstić information content (AvgIpc) is 3.40. The Morgan fingerprint density at radius 1 is 1.18 bits per heavy atom. The van der Waals surface area contributed by atoms with Crippen LogP contribution >= 0.6 is 23.1 Å². The molecule has 11 heteroatoms. The number of methoxy groups -OCH3 is 1. The molecule has 0 spiro atoms. The first-order valence-corrected chi connectivity index (χ1v) is 12.8. The monoisotopic (exact) mass is 501 g/mol. The molecule has 1 aromatic carbocycles. The molecule has 2 aliphatic rings. The molecule has 178 valence electrons. The number of thioether (sulfide) groups is 1. The second-order valence-electron chi connectivity index (χ2n) is 7.87. The quantitative estimate of drug-likeness (QED) is 0.298. The van der Waals surface area contributed by atoms with Gasteiger partial charge in [-0.15, -0.1) is 21.5 Å². The summed E-state index contributed by atoms with van der Waals surface area (Å²) >= 11 is 2.58. The number of amides is 1. The van der Waals surface area contributed by atoms with Gasteiger partial charge in [-0.1, -0.05) is 30.3 Å². The summed E-state index contributed by atoms with van der Waals surface area (Å²) in [4.78, 5) is 26.3. The summed E-state index contributed by atoms with van der Waals surface area (Å²) in [6.07, 6.45) is 4.46. The van der Waals surface area contributed by atoms with Gasteiger partial charge in [0.15, 0.2) is 11.5 Å². The van der Waals surface area contributed by atoms with Crippen LogP contribution in [-0.4, -0.2) is 41.5 Å². The molecule has 0 saturated heterocycles. The fraction of sp³-hybridized carbons (Fsp3) is 0.391. The summed E-state index contributed by atoms with van der Waals surface area (Å²) in [6.45, 7) is 0.253. The number of ether oxygens (including phenoxy) is 3. The van der Waals surface area contributed by atoms with E-state index in [4.69, 9.17) is 18.6 Å². The Labute approximate surface area is 204 Å². The van der Waals surface area contributed by atoms with Crippen LogP contribution in [0.5, 0.6) is 11.5 Å². The van der Waals surface area contributed by atoms with Gasteiger partial charge in [-0.2, -0.15) is 0 Å². The van der Waals surface area contributed by atoms with Gasteiger partial charge in [0.1, 0.15) is 11.6 Å². The highest BCUT2D eigenvalue weighted by atomic mass is 32.2. The summed E-state index contributed by atoms with van der Waals surface area (Å²) in [5.74, 6) is 0.934. The fourth-order valence-corrected chi connectivity index (χ4v) is 5.85. The van der Waals surface area contributed by atoms with E-state index < -0.39 is 12.1 Å². The zero-order chi connectivity index (χ0) is 23.5. The Balaban J connectivity index is 1.22. The van der Waals surface area contributed by atoms with Crippen molar-refractivity contribution in [2.24, 2.45) is 0 Å². The Bertz CT molecular complexity index is 1210. The lowest BCUT2D eigenvalue weighted by atomic mass is 10.1. The highest BCUT2D eigenvalue weighted by Crippen LogP contribution is 2.38. The van der Waals surface area contributed by atoms with Gasteiger partial charge >= 0.3 is 5.97 Å². The first-order valence-electron chi connectivity index (χ1n) is 11.0. The van der Waals surface area contributed by atoms with E-state index in [9.17, 15) is 9.59 Å². The third-order valence-electron chi connectivity index (χ3n) is 5.60. The number of aromatic nitrogens is 2. The average molecular weight is 502 g/mol. The maximum Gasteiger partial charge on any atom is 0.341 e. The molecule has 1 aliphatic carbocycles. The molecular formula is C23H23N3O6S2. The second-order valence-corrected chi connectivity index (χ2v) is 9.90. The van der Waals surface area contributed by atoms with E-state index in [-0.39, 0.29) is 29.4 Å². The van der Waals surface area contributed by atoms with Crippen LogP contribution in [0.25, 0.3) is 0 Å². The van der Waals surface area contributed by atoms with Crippen molar-refractivity contribution in [2.75, 3.05) is 24.8 Å². The van der Waals surface area contributed by atoms with Crippen LogP contribution in [0.15, 0.2) is 33.9 Å². The van der Waals surface area contributed by atoms with Crippen molar-refractivity contribution in [3.05, 3.63) is 46.2 Å². The minimum absolute atomic E-state index is 0.0513. The van der Waals surface area contributed by atoms with E-state index in [1.807, 2.05) is 24.3 Å². The summed E-state index contributed by atoms with van der Waals surface area (Å²) in [5, 5.41) is 11.7. The van der Waals surface area contributed by atoms with E-state index in [1.54, 1.807) is 0 Å².